The van der Waals surface area contributed by atoms with Gasteiger partial charge in [-0.3, -0.25) is 4.79 Å². The number of hydrogen-bond donors (Lipinski definition) is 2. The van der Waals surface area contributed by atoms with E-state index >= 15 is 0 Å². The molecule has 0 aromatic heterocycles. The lowest BCUT2D eigenvalue weighted by Crippen LogP contribution is -2.31. The predicted molar refractivity (Wildman–Crippen MR) is 60.2 cm³/mol. The lowest BCUT2D eigenvalue weighted by atomic mass is 9.85. The first-order valence-electron chi connectivity index (χ1n) is 6.30. The molecule has 0 spiro atoms. The average molecular weight is 210 g/mol. The first-order chi connectivity index (χ1) is 7.33. The van der Waals surface area contributed by atoms with Gasteiger partial charge in [0.1, 0.15) is 0 Å². The third kappa shape index (κ3) is 2.71. The minimum atomic E-state index is 0.246. The van der Waals surface area contributed by atoms with Gasteiger partial charge < -0.3 is 11.1 Å². The van der Waals surface area contributed by atoms with E-state index in [0.29, 0.717) is 24.9 Å². The summed E-state index contributed by atoms with van der Waals surface area (Å²) in [5.41, 5.74) is 5.36. The molecule has 2 aliphatic rings. The van der Waals surface area contributed by atoms with E-state index in [-0.39, 0.29) is 5.91 Å². The summed E-state index contributed by atoms with van der Waals surface area (Å²) in [7, 11) is 0. The number of nitrogens with one attached hydrogen (secondary N) is 1. The van der Waals surface area contributed by atoms with Crippen molar-refractivity contribution in [3.8, 4) is 0 Å². The largest absolute Gasteiger partial charge is 0.355 e. The fourth-order valence-corrected chi connectivity index (χ4v) is 2.93. The summed E-state index contributed by atoms with van der Waals surface area (Å²) >= 11 is 0. The molecule has 1 amide bonds. The van der Waals surface area contributed by atoms with Crippen molar-refractivity contribution in [3.05, 3.63) is 0 Å². The summed E-state index contributed by atoms with van der Waals surface area (Å²) < 4.78 is 0. The van der Waals surface area contributed by atoms with Gasteiger partial charge in [-0.25, -0.2) is 0 Å². The monoisotopic (exact) mass is 210 g/mol. The molecule has 0 radical (unpaired) electrons. The van der Waals surface area contributed by atoms with Gasteiger partial charge in [0.05, 0.1) is 0 Å². The molecule has 0 aromatic carbocycles. The van der Waals surface area contributed by atoms with Crippen molar-refractivity contribution in [1.29, 1.82) is 0 Å². The fraction of sp³-hybridized carbons (Fsp3) is 0.917. The maximum atomic E-state index is 11.7. The second-order valence-corrected chi connectivity index (χ2v) is 4.98. The zero-order valence-corrected chi connectivity index (χ0v) is 9.37. The van der Waals surface area contributed by atoms with Crippen LogP contribution < -0.4 is 11.1 Å². The summed E-state index contributed by atoms with van der Waals surface area (Å²) in [4.78, 5) is 11.7. The lowest BCUT2D eigenvalue weighted by molar-refractivity contribution is -0.122. The van der Waals surface area contributed by atoms with E-state index in [1.54, 1.807) is 0 Å². The minimum Gasteiger partial charge on any atom is -0.355 e. The van der Waals surface area contributed by atoms with Gasteiger partial charge in [0.2, 0.25) is 5.91 Å². The Kier molecular flexibility index (Phi) is 3.62. The molecule has 3 heteroatoms. The van der Waals surface area contributed by atoms with Crippen LogP contribution in [0.1, 0.15) is 38.5 Å². The van der Waals surface area contributed by atoms with E-state index < -0.39 is 0 Å². The van der Waals surface area contributed by atoms with Crippen LogP contribution in [0.2, 0.25) is 0 Å². The van der Waals surface area contributed by atoms with E-state index in [9.17, 15) is 4.79 Å². The van der Waals surface area contributed by atoms with Gasteiger partial charge in [-0.05, 0) is 18.3 Å². The Morgan fingerprint density at radius 3 is 2.67 bits per heavy atom. The highest BCUT2D eigenvalue weighted by Crippen LogP contribution is 2.49. The quantitative estimate of drug-likeness (QED) is 0.734. The standard InChI is InChI=1S/C12H22N2O/c13-6-7-14-12(15)11-8-10(11)9-4-2-1-3-5-9/h9-11H,1-8,13H2,(H,14,15). The third-order valence-corrected chi connectivity index (χ3v) is 3.88. The summed E-state index contributed by atoms with van der Waals surface area (Å²) in [5.74, 6) is 2.10. The number of carbonyl (C=O) groups excluding carboxylic acids is 1. The SMILES string of the molecule is NCCNC(=O)C1CC1C1CCCCC1. The highest BCUT2D eigenvalue weighted by atomic mass is 16.2. The highest BCUT2D eigenvalue weighted by Gasteiger charge is 2.47. The summed E-state index contributed by atoms with van der Waals surface area (Å²) in [5, 5.41) is 2.90. The molecule has 0 aromatic rings. The summed E-state index contributed by atoms with van der Waals surface area (Å²) in [6.07, 6.45) is 7.97. The molecule has 3 nitrogen and oxygen atoms in total. The maximum absolute atomic E-state index is 11.7. The Morgan fingerprint density at radius 1 is 1.27 bits per heavy atom. The molecule has 0 heterocycles. The van der Waals surface area contributed by atoms with Crippen molar-refractivity contribution in [3.63, 3.8) is 0 Å². The summed E-state index contributed by atoms with van der Waals surface area (Å²) in [6, 6.07) is 0. The second kappa shape index (κ2) is 4.97. The van der Waals surface area contributed by atoms with Gasteiger partial charge in [-0.15, -0.1) is 0 Å². The molecule has 2 unspecified atom stereocenters. The molecule has 2 fully saturated rings. The van der Waals surface area contributed by atoms with Crippen molar-refractivity contribution in [2.75, 3.05) is 13.1 Å². The van der Waals surface area contributed by atoms with Gasteiger partial charge in [-0.2, -0.15) is 0 Å². The van der Waals surface area contributed by atoms with Crippen LogP contribution in [0.15, 0.2) is 0 Å². The molecule has 2 aliphatic carbocycles. The van der Waals surface area contributed by atoms with Crippen LogP contribution in [0.3, 0.4) is 0 Å². The molecule has 0 saturated heterocycles. The van der Waals surface area contributed by atoms with E-state index in [1.165, 1.54) is 32.1 Å². The number of amides is 1. The zero-order chi connectivity index (χ0) is 10.7. The molecular weight excluding hydrogens is 188 g/mol. The Labute approximate surface area is 91.8 Å². The second-order valence-electron chi connectivity index (χ2n) is 4.98. The highest BCUT2D eigenvalue weighted by molar-refractivity contribution is 5.81. The molecule has 2 rings (SSSR count). The van der Waals surface area contributed by atoms with Crippen LogP contribution >= 0.6 is 0 Å². The van der Waals surface area contributed by atoms with Crippen LogP contribution in [-0.4, -0.2) is 19.0 Å². The number of rotatable bonds is 4. The van der Waals surface area contributed by atoms with Gasteiger partial charge in [0, 0.05) is 19.0 Å². The zero-order valence-electron chi connectivity index (χ0n) is 9.37. The van der Waals surface area contributed by atoms with E-state index in [0.717, 1.165) is 12.3 Å². The van der Waals surface area contributed by atoms with E-state index in [4.69, 9.17) is 5.73 Å². The van der Waals surface area contributed by atoms with Crippen LogP contribution in [0.5, 0.6) is 0 Å². The fourth-order valence-electron chi connectivity index (χ4n) is 2.93. The Bertz CT molecular complexity index is 224. The number of nitrogens with two attached hydrogens (primary N) is 1. The molecule has 3 N–H and O–H groups in total. The van der Waals surface area contributed by atoms with Crippen molar-refractivity contribution in [2.24, 2.45) is 23.5 Å². The molecule has 0 aliphatic heterocycles. The predicted octanol–water partition coefficient (Wildman–Crippen LogP) is 1.28. The van der Waals surface area contributed by atoms with Crippen molar-refractivity contribution < 1.29 is 4.79 Å². The molecule has 0 bridgehead atoms. The number of hydrogen-bond acceptors (Lipinski definition) is 2. The molecule has 2 saturated carbocycles. The van der Waals surface area contributed by atoms with Crippen molar-refractivity contribution in [1.82, 2.24) is 5.32 Å². The Balaban J connectivity index is 1.72. The first kappa shape index (κ1) is 10.9. The normalized spacial score (nSPS) is 31.3. The third-order valence-electron chi connectivity index (χ3n) is 3.88. The van der Waals surface area contributed by atoms with Crippen LogP contribution in [0, 0.1) is 17.8 Å². The van der Waals surface area contributed by atoms with E-state index in [1.807, 2.05) is 0 Å². The van der Waals surface area contributed by atoms with E-state index in [2.05, 4.69) is 5.32 Å². The smallest absolute Gasteiger partial charge is 0.223 e. The molecular formula is C12H22N2O. The lowest BCUT2D eigenvalue weighted by Gasteiger charge is -2.21. The molecule has 15 heavy (non-hydrogen) atoms. The van der Waals surface area contributed by atoms with Gasteiger partial charge in [-0.1, -0.05) is 32.1 Å². The van der Waals surface area contributed by atoms with Gasteiger partial charge >= 0.3 is 0 Å². The minimum absolute atomic E-state index is 0.246. The van der Waals surface area contributed by atoms with Gasteiger partial charge in [0.15, 0.2) is 0 Å². The molecule has 2 atom stereocenters. The van der Waals surface area contributed by atoms with Crippen molar-refractivity contribution >= 4 is 5.91 Å². The first-order valence-corrected chi connectivity index (χ1v) is 6.30. The van der Waals surface area contributed by atoms with Gasteiger partial charge in [0.25, 0.3) is 0 Å². The summed E-state index contributed by atoms with van der Waals surface area (Å²) in [6.45, 7) is 1.18. The number of carbonyl (C=O) groups is 1. The topological polar surface area (TPSA) is 55.1 Å². The average Bonchev–Trinajstić information content (AvgIpc) is 3.07. The maximum Gasteiger partial charge on any atom is 0.223 e. The van der Waals surface area contributed by atoms with Crippen LogP contribution in [-0.2, 0) is 4.79 Å². The van der Waals surface area contributed by atoms with Crippen molar-refractivity contribution in [2.45, 2.75) is 38.5 Å². The molecule has 86 valence electrons. The van der Waals surface area contributed by atoms with Crippen LogP contribution in [0.25, 0.3) is 0 Å². The van der Waals surface area contributed by atoms with Crippen LogP contribution in [0.4, 0.5) is 0 Å². The Morgan fingerprint density at radius 2 is 2.00 bits per heavy atom. The Hall–Kier alpha value is -0.570.